The van der Waals surface area contributed by atoms with E-state index in [-0.39, 0.29) is 18.7 Å². The fourth-order valence-electron chi connectivity index (χ4n) is 1.65. The SMILES string of the molecule is C[C@H](NC(=O)CCc1nnc(-c2ccccc2)o1)C(=O)O. The van der Waals surface area contributed by atoms with Crippen LogP contribution in [0.3, 0.4) is 0 Å². The molecule has 7 heteroatoms. The monoisotopic (exact) mass is 289 g/mol. The van der Waals surface area contributed by atoms with Gasteiger partial charge in [-0.3, -0.25) is 9.59 Å². The molecule has 110 valence electrons. The first kappa shape index (κ1) is 14.7. The second kappa shape index (κ2) is 6.65. The van der Waals surface area contributed by atoms with Crippen LogP contribution in [0.1, 0.15) is 19.2 Å². The predicted octanol–water partition coefficient (Wildman–Crippen LogP) is 1.26. The van der Waals surface area contributed by atoms with Gasteiger partial charge in [-0.1, -0.05) is 18.2 Å². The van der Waals surface area contributed by atoms with Crippen molar-refractivity contribution >= 4 is 11.9 Å². The number of aromatic nitrogens is 2. The molecule has 0 aliphatic rings. The number of benzene rings is 1. The third-order valence-corrected chi connectivity index (χ3v) is 2.80. The summed E-state index contributed by atoms with van der Waals surface area (Å²) in [5.41, 5.74) is 0.806. The fraction of sp³-hybridized carbons (Fsp3) is 0.286. The van der Waals surface area contributed by atoms with E-state index in [0.717, 1.165) is 5.56 Å². The number of rotatable bonds is 6. The molecule has 0 spiro atoms. The Balaban J connectivity index is 1.89. The van der Waals surface area contributed by atoms with Gasteiger partial charge in [0.1, 0.15) is 6.04 Å². The highest BCUT2D eigenvalue weighted by atomic mass is 16.4. The Kier molecular flexibility index (Phi) is 4.65. The smallest absolute Gasteiger partial charge is 0.325 e. The van der Waals surface area contributed by atoms with Crippen molar-refractivity contribution in [3.63, 3.8) is 0 Å². The third kappa shape index (κ3) is 4.13. The molecule has 1 amide bonds. The van der Waals surface area contributed by atoms with Crippen LogP contribution in [0.2, 0.25) is 0 Å². The molecule has 2 aromatic rings. The van der Waals surface area contributed by atoms with Crippen molar-refractivity contribution in [2.24, 2.45) is 0 Å². The van der Waals surface area contributed by atoms with Crippen LogP contribution in [-0.4, -0.2) is 33.2 Å². The third-order valence-electron chi connectivity index (χ3n) is 2.80. The largest absolute Gasteiger partial charge is 0.480 e. The van der Waals surface area contributed by atoms with Crippen molar-refractivity contribution in [1.82, 2.24) is 15.5 Å². The first-order valence-electron chi connectivity index (χ1n) is 6.46. The van der Waals surface area contributed by atoms with E-state index in [1.807, 2.05) is 30.3 Å². The van der Waals surface area contributed by atoms with Gasteiger partial charge in [-0.25, -0.2) is 0 Å². The number of aliphatic carboxylic acids is 1. The Morgan fingerprint density at radius 1 is 1.29 bits per heavy atom. The van der Waals surface area contributed by atoms with Gasteiger partial charge in [0.15, 0.2) is 0 Å². The number of carbonyl (C=O) groups excluding carboxylic acids is 1. The van der Waals surface area contributed by atoms with Gasteiger partial charge >= 0.3 is 5.97 Å². The molecule has 1 aromatic carbocycles. The molecule has 1 aromatic heterocycles. The van der Waals surface area contributed by atoms with Crippen molar-refractivity contribution in [3.8, 4) is 11.5 Å². The topological polar surface area (TPSA) is 105 Å². The molecule has 1 heterocycles. The van der Waals surface area contributed by atoms with Gasteiger partial charge in [0.05, 0.1) is 0 Å². The molecular weight excluding hydrogens is 274 g/mol. The van der Waals surface area contributed by atoms with E-state index in [9.17, 15) is 9.59 Å². The Morgan fingerprint density at radius 3 is 2.67 bits per heavy atom. The maximum absolute atomic E-state index is 11.5. The lowest BCUT2D eigenvalue weighted by Crippen LogP contribution is -2.38. The van der Waals surface area contributed by atoms with Gasteiger partial charge in [0.25, 0.3) is 0 Å². The second-order valence-electron chi connectivity index (χ2n) is 4.49. The van der Waals surface area contributed by atoms with E-state index in [0.29, 0.717) is 11.8 Å². The number of hydrogen-bond donors (Lipinski definition) is 2. The van der Waals surface area contributed by atoms with Gasteiger partial charge in [0, 0.05) is 18.4 Å². The summed E-state index contributed by atoms with van der Waals surface area (Å²) < 4.78 is 5.45. The summed E-state index contributed by atoms with van der Waals surface area (Å²) in [5, 5.41) is 18.8. The van der Waals surface area contributed by atoms with Gasteiger partial charge in [-0.05, 0) is 19.1 Å². The number of carbonyl (C=O) groups is 2. The molecule has 0 fully saturated rings. The van der Waals surface area contributed by atoms with E-state index in [2.05, 4.69) is 15.5 Å². The zero-order valence-corrected chi connectivity index (χ0v) is 11.4. The van der Waals surface area contributed by atoms with Crippen LogP contribution in [-0.2, 0) is 16.0 Å². The summed E-state index contributed by atoms with van der Waals surface area (Å²) in [6.07, 6.45) is 0.353. The number of carboxylic acids is 1. The first-order chi connectivity index (χ1) is 10.1. The van der Waals surface area contributed by atoms with E-state index < -0.39 is 12.0 Å². The van der Waals surface area contributed by atoms with Crippen LogP contribution in [0.5, 0.6) is 0 Å². The van der Waals surface area contributed by atoms with Crippen LogP contribution < -0.4 is 5.32 Å². The Hall–Kier alpha value is -2.70. The Morgan fingerprint density at radius 2 is 2.00 bits per heavy atom. The number of hydrogen-bond acceptors (Lipinski definition) is 5. The standard InChI is InChI=1S/C14H15N3O4/c1-9(14(19)20)15-11(18)7-8-12-16-17-13(21-12)10-5-3-2-4-6-10/h2-6,9H,7-8H2,1H3,(H,15,18)(H,19,20)/t9-/m0/s1. The summed E-state index contributed by atoms with van der Waals surface area (Å²) in [5.74, 6) is -0.714. The average Bonchev–Trinajstić information content (AvgIpc) is 2.95. The lowest BCUT2D eigenvalue weighted by Gasteiger charge is -2.07. The van der Waals surface area contributed by atoms with Crippen molar-refractivity contribution in [1.29, 1.82) is 0 Å². The van der Waals surface area contributed by atoms with Gasteiger partial charge in [0.2, 0.25) is 17.7 Å². The molecule has 0 saturated heterocycles. The van der Waals surface area contributed by atoms with E-state index >= 15 is 0 Å². The van der Waals surface area contributed by atoms with Crippen LogP contribution in [0, 0.1) is 0 Å². The van der Waals surface area contributed by atoms with E-state index in [1.165, 1.54) is 6.92 Å². The maximum atomic E-state index is 11.5. The summed E-state index contributed by atoms with van der Waals surface area (Å²) in [6.45, 7) is 1.40. The molecule has 0 bridgehead atoms. The van der Waals surface area contributed by atoms with E-state index in [1.54, 1.807) is 0 Å². The van der Waals surface area contributed by atoms with Gasteiger partial charge in [-0.15, -0.1) is 10.2 Å². The van der Waals surface area contributed by atoms with Gasteiger partial charge in [-0.2, -0.15) is 0 Å². The second-order valence-corrected chi connectivity index (χ2v) is 4.49. The molecule has 0 unspecified atom stereocenters. The molecule has 0 aliphatic heterocycles. The zero-order valence-electron chi connectivity index (χ0n) is 11.4. The minimum absolute atomic E-state index is 0.0913. The normalized spacial score (nSPS) is 11.9. The highest BCUT2D eigenvalue weighted by Gasteiger charge is 2.15. The maximum Gasteiger partial charge on any atom is 0.325 e. The van der Waals surface area contributed by atoms with Crippen molar-refractivity contribution in [3.05, 3.63) is 36.2 Å². The van der Waals surface area contributed by atoms with Crippen LogP contribution in [0.15, 0.2) is 34.7 Å². The Labute approximate surface area is 121 Å². The zero-order chi connectivity index (χ0) is 15.2. The number of carboxylic acid groups (broad SMARTS) is 1. The average molecular weight is 289 g/mol. The van der Waals surface area contributed by atoms with Crippen LogP contribution in [0.25, 0.3) is 11.5 Å². The van der Waals surface area contributed by atoms with Crippen molar-refractivity contribution in [2.45, 2.75) is 25.8 Å². The van der Waals surface area contributed by atoms with Crippen molar-refractivity contribution < 1.29 is 19.1 Å². The van der Waals surface area contributed by atoms with Gasteiger partial charge < -0.3 is 14.8 Å². The van der Waals surface area contributed by atoms with Crippen LogP contribution >= 0.6 is 0 Å². The molecule has 0 saturated carbocycles. The first-order valence-corrected chi connectivity index (χ1v) is 6.46. The molecule has 2 rings (SSSR count). The molecule has 7 nitrogen and oxygen atoms in total. The molecule has 2 N–H and O–H groups in total. The molecule has 1 atom stereocenters. The summed E-state index contributed by atoms with van der Waals surface area (Å²) >= 11 is 0. The highest BCUT2D eigenvalue weighted by molar-refractivity contribution is 5.83. The fourth-order valence-corrected chi connectivity index (χ4v) is 1.65. The molecule has 0 radical (unpaired) electrons. The molecule has 0 aliphatic carbocycles. The Bertz CT molecular complexity index is 624. The summed E-state index contributed by atoms with van der Waals surface area (Å²) in [7, 11) is 0. The minimum atomic E-state index is -1.08. The lowest BCUT2D eigenvalue weighted by atomic mass is 10.2. The molecular formula is C14H15N3O4. The van der Waals surface area contributed by atoms with E-state index in [4.69, 9.17) is 9.52 Å². The molecule has 21 heavy (non-hydrogen) atoms. The minimum Gasteiger partial charge on any atom is -0.480 e. The highest BCUT2D eigenvalue weighted by Crippen LogP contribution is 2.17. The summed E-state index contributed by atoms with van der Waals surface area (Å²) in [6, 6.07) is 8.38. The predicted molar refractivity (Wildman–Crippen MR) is 73.3 cm³/mol. The number of aryl methyl sites for hydroxylation is 1. The lowest BCUT2D eigenvalue weighted by molar-refractivity contribution is -0.141. The number of amides is 1. The summed E-state index contributed by atoms with van der Waals surface area (Å²) in [4.78, 5) is 22.2. The van der Waals surface area contributed by atoms with Crippen LogP contribution in [0.4, 0.5) is 0 Å². The number of nitrogens with zero attached hydrogens (tertiary/aromatic N) is 2. The quantitative estimate of drug-likeness (QED) is 0.829. The van der Waals surface area contributed by atoms with Crippen molar-refractivity contribution in [2.75, 3.05) is 0 Å². The number of nitrogens with one attached hydrogen (secondary N) is 1.